The van der Waals surface area contributed by atoms with Crippen LogP contribution >= 0.6 is 0 Å². The summed E-state index contributed by atoms with van der Waals surface area (Å²) in [6, 6.07) is 0.400. The van der Waals surface area contributed by atoms with Crippen molar-refractivity contribution in [1.29, 1.82) is 0 Å². The molecule has 1 unspecified atom stereocenters. The Morgan fingerprint density at radius 3 is 2.47 bits per heavy atom. The van der Waals surface area contributed by atoms with Crippen molar-refractivity contribution in [2.24, 2.45) is 5.73 Å². The van der Waals surface area contributed by atoms with Gasteiger partial charge in [0.25, 0.3) is 0 Å². The lowest BCUT2D eigenvalue weighted by molar-refractivity contribution is -0.120. The zero-order valence-corrected chi connectivity index (χ0v) is 10.4. The van der Waals surface area contributed by atoms with Crippen LogP contribution in [0.25, 0.3) is 0 Å². The maximum Gasteiger partial charge on any atom is 0.234 e. The molecule has 0 aromatic carbocycles. The van der Waals surface area contributed by atoms with Gasteiger partial charge >= 0.3 is 0 Å². The summed E-state index contributed by atoms with van der Waals surface area (Å²) in [5.41, 5.74) is 5.23. The lowest BCUT2D eigenvalue weighted by Crippen LogP contribution is -2.41. The monoisotopic (exact) mass is 215 g/mol. The van der Waals surface area contributed by atoms with Crippen LogP contribution in [0.4, 0.5) is 0 Å². The summed E-state index contributed by atoms with van der Waals surface area (Å²) in [5, 5.41) is 3.16. The number of primary amides is 1. The molecule has 0 saturated heterocycles. The zero-order chi connectivity index (χ0) is 11.8. The van der Waals surface area contributed by atoms with Crippen molar-refractivity contribution in [3.8, 4) is 0 Å². The summed E-state index contributed by atoms with van der Waals surface area (Å²) in [4.78, 5) is 13.2. The Labute approximate surface area is 93.2 Å². The largest absolute Gasteiger partial charge is 0.368 e. The van der Waals surface area contributed by atoms with E-state index in [0.717, 1.165) is 25.9 Å². The number of nitrogens with two attached hydrogens (primary N) is 1. The summed E-state index contributed by atoms with van der Waals surface area (Å²) in [6.07, 6.45) is 1.80. The number of rotatable bonds is 8. The molecule has 1 atom stereocenters. The molecule has 4 heteroatoms. The molecule has 0 bridgehead atoms. The minimum absolute atomic E-state index is 0.172. The molecule has 0 aromatic heterocycles. The molecule has 0 radical (unpaired) electrons. The maximum atomic E-state index is 10.9. The van der Waals surface area contributed by atoms with Crippen LogP contribution in [0.1, 0.15) is 33.6 Å². The summed E-state index contributed by atoms with van der Waals surface area (Å²) >= 11 is 0. The second-order valence-corrected chi connectivity index (χ2v) is 4.25. The Morgan fingerprint density at radius 1 is 1.47 bits per heavy atom. The number of nitrogens with one attached hydrogen (secondary N) is 1. The molecule has 3 N–H and O–H groups in total. The van der Waals surface area contributed by atoms with Crippen molar-refractivity contribution in [2.75, 3.05) is 20.1 Å². The second kappa shape index (κ2) is 7.65. The van der Waals surface area contributed by atoms with Crippen molar-refractivity contribution in [2.45, 2.75) is 45.7 Å². The summed E-state index contributed by atoms with van der Waals surface area (Å²) in [5.74, 6) is -0.255. The van der Waals surface area contributed by atoms with E-state index < -0.39 is 0 Å². The highest BCUT2D eigenvalue weighted by molar-refractivity contribution is 5.79. The first kappa shape index (κ1) is 14.4. The molecule has 15 heavy (non-hydrogen) atoms. The van der Waals surface area contributed by atoms with Gasteiger partial charge in [-0.2, -0.15) is 0 Å². The fourth-order valence-electron chi connectivity index (χ4n) is 1.31. The molecular weight excluding hydrogens is 190 g/mol. The Hall–Kier alpha value is -0.610. The van der Waals surface area contributed by atoms with Crippen molar-refractivity contribution in [3.63, 3.8) is 0 Å². The third-order valence-corrected chi connectivity index (χ3v) is 2.71. The van der Waals surface area contributed by atoms with Gasteiger partial charge in [-0.1, -0.05) is 6.92 Å². The third kappa shape index (κ3) is 6.47. The molecule has 0 aromatic rings. The molecule has 0 heterocycles. The Bertz CT molecular complexity index is 183. The molecule has 0 aliphatic heterocycles. The number of hydrogen-bond donors (Lipinski definition) is 2. The molecule has 0 aliphatic carbocycles. The van der Waals surface area contributed by atoms with Crippen LogP contribution in [-0.2, 0) is 4.79 Å². The van der Waals surface area contributed by atoms with E-state index in [2.05, 4.69) is 31.1 Å². The predicted octanol–water partition coefficient (Wildman–Crippen LogP) is 0.570. The minimum atomic E-state index is -0.255. The van der Waals surface area contributed by atoms with Crippen molar-refractivity contribution >= 4 is 5.91 Å². The first-order valence-corrected chi connectivity index (χ1v) is 5.72. The van der Waals surface area contributed by atoms with Crippen LogP contribution in [0, 0.1) is 0 Å². The fourth-order valence-corrected chi connectivity index (χ4v) is 1.31. The van der Waals surface area contributed by atoms with Crippen LogP contribution in [-0.4, -0.2) is 43.0 Å². The predicted molar refractivity (Wildman–Crippen MR) is 63.7 cm³/mol. The molecule has 0 fully saturated rings. The van der Waals surface area contributed by atoms with E-state index >= 15 is 0 Å². The van der Waals surface area contributed by atoms with Crippen LogP contribution < -0.4 is 11.1 Å². The summed E-state index contributed by atoms with van der Waals surface area (Å²) in [7, 11) is 2.11. The van der Waals surface area contributed by atoms with Crippen molar-refractivity contribution in [1.82, 2.24) is 10.2 Å². The van der Waals surface area contributed by atoms with E-state index in [0.29, 0.717) is 6.04 Å². The highest BCUT2D eigenvalue weighted by atomic mass is 16.1. The summed E-state index contributed by atoms with van der Waals surface area (Å²) < 4.78 is 0. The van der Waals surface area contributed by atoms with Gasteiger partial charge < -0.3 is 16.0 Å². The number of carbonyl (C=O) groups excluding carboxylic acids is 1. The second-order valence-electron chi connectivity index (χ2n) is 4.25. The Morgan fingerprint density at radius 2 is 2.07 bits per heavy atom. The molecule has 1 amide bonds. The van der Waals surface area contributed by atoms with Gasteiger partial charge in [-0.3, -0.25) is 4.79 Å². The minimum Gasteiger partial charge on any atom is -0.368 e. The molecule has 0 spiro atoms. The van der Waals surface area contributed by atoms with E-state index in [1.165, 1.54) is 0 Å². The Kier molecular flexibility index (Phi) is 7.34. The van der Waals surface area contributed by atoms with Gasteiger partial charge in [-0.15, -0.1) is 0 Å². The van der Waals surface area contributed by atoms with Gasteiger partial charge in [-0.05, 0) is 46.8 Å². The van der Waals surface area contributed by atoms with Crippen LogP contribution in [0.15, 0.2) is 0 Å². The maximum absolute atomic E-state index is 10.9. The molecule has 0 aliphatic rings. The van der Waals surface area contributed by atoms with E-state index in [1.807, 2.05) is 6.92 Å². The SMILES string of the molecule is CCC(NCCCN(C)C(C)C)C(N)=O. The van der Waals surface area contributed by atoms with Gasteiger partial charge in [0.05, 0.1) is 6.04 Å². The van der Waals surface area contributed by atoms with Crippen LogP contribution in [0.2, 0.25) is 0 Å². The van der Waals surface area contributed by atoms with E-state index in [9.17, 15) is 4.79 Å². The topological polar surface area (TPSA) is 58.4 Å². The highest BCUT2D eigenvalue weighted by Gasteiger charge is 2.11. The normalized spacial score (nSPS) is 13.5. The van der Waals surface area contributed by atoms with Gasteiger partial charge in [0, 0.05) is 6.04 Å². The van der Waals surface area contributed by atoms with Gasteiger partial charge in [0.15, 0.2) is 0 Å². The third-order valence-electron chi connectivity index (χ3n) is 2.71. The summed E-state index contributed by atoms with van der Waals surface area (Å²) in [6.45, 7) is 8.19. The average molecular weight is 215 g/mol. The van der Waals surface area contributed by atoms with Gasteiger partial charge in [0.1, 0.15) is 0 Å². The highest BCUT2D eigenvalue weighted by Crippen LogP contribution is 1.95. The van der Waals surface area contributed by atoms with Gasteiger partial charge in [0.2, 0.25) is 5.91 Å². The van der Waals surface area contributed by atoms with Crippen molar-refractivity contribution < 1.29 is 4.79 Å². The standard InChI is InChI=1S/C11H25N3O/c1-5-10(11(12)15)13-7-6-8-14(4)9(2)3/h9-10,13H,5-8H2,1-4H3,(H2,12,15). The van der Waals surface area contributed by atoms with E-state index in [4.69, 9.17) is 5.73 Å². The van der Waals surface area contributed by atoms with Gasteiger partial charge in [-0.25, -0.2) is 0 Å². The fraction of sp³-hybridized carbons (Fsp3) is 0.909. The zero-order valence-electron chi connectivity index (χ0n) is 10.4. The smallest absolute Gasteiger partial charge is 0.234 e. The molecule has 0 rings (SSSR count). The molecule has 0 saturated carbocycles. The lowest BCUT2D eigenvalue weighted by Gasteiger charge is -2.21. The quantitative estimate of drug-likeness (QED) is 0.582. The van der Waals surface area contributed by atoms with Crippen molar-refractivity contribution in [3.05, 3.63) is 0 Å². The molecular formula is C11H25N3O. The Balaban J connectivity index is 3.57. The molecule has 90 valence electrons. The first-order valence-electron chi connectivity index (χ1n) is 5.72. The number of hydrogen-bond acceptors (Lipinski definition) is 3. The van der Waals surface area contributed by atoms with Crippen LogP contribution in [0.5, 0.6) is 0 Å². The van der Waals surface area contributed by atoms with E-state index in [-0.39, 0.29) is 11.9 Å². The van der Waals surface area contributed by atoms with E-state index in [1.54, 1.807) is 0 Å². The average Bonchev–Trinajstić information content (AvgIpc) is 2.16. The number of amides is 1. The number of nitrogens with zero attached hydrogens (tertiary/aromatic N) is 1. The first-order chi connectivity index (χ1) is 6.99. The molecule has 4 nitrogen and oxygen atoms in total. The lowest BCUT2D eigenvalue weighted by atomic mass is 10.2. The van der Waals surface area contributed by atoms with Crippen LogP contribution in [0.3, 0.4) is 0 Å². The number of carbonyl (C=O) groups is 1.